The van der Waals surface area contributed by atoms with Gasteiger partial charge in [0.15, 0.2) is 6.61 Å². The maximum atomic E-state index is 12.4. The van der Waals surface area contributed by atoms with Crippen LogP contribution in [0.2, 0.25) is 0 Å². The molecule has 0 N–H and O–H groups in total. The third-order valence-electron chi connectivity index (χ3n) is 4.49. The third kappa shape index (κ3) is 4.64. The molecular weight excluding hydrogens is 348 g/mol. The maximum Gasteiger partial charge on any atom is 0.260 e. The Kier molecular flexibility index (Phi) is 6.28. The molecule has 5 nitrogen and oxygen atoms in total. The first-order chi connectivity index (χ1) is 12.7. The van der Waals surface area contributed by atoms with Gasteiger partial charge in [0, 0.05) is 36.8 Å². The van der Waals surface area contributed by atoms with Gasteiger partial charge in [0.1, 0.15) is 11.5 Å². The van der Waals surface area contributed by atoms with Crippen molar-refractivity contribution >= 4 is 23.4 Å². The summed E-state index contributed by atoms with van der Waals surface area (Å²) in [5.74, 6) is 1.62. The van der Waals surface area contributed by atoms with Crippen LogP contribution in [0.15, 0.2) is 53.4 Å². The van der Waals surface area contributed by atoms with E-state index >= 15 is 0 Å². The fourth-order valence-electron chi connectivity index (χ4n) is 2.92. The Morgan fingerprint density at radius 1 is 0.962 bits per heavy atom. The number of ether oxygens (including phenoxy) is 2. The lowest BCUT2D eigenvalue weighted by atomic mass is 10.2. The second-order valence-corrected chi connectivity index (χ2v) is 6.91. The van der Waals surface area contributed by atoms with Crippen LogP contribution >= 0.6 is 11.8 Å². The van der Waals surface area contributed by atoms with Crippen LogP contribution in [0.1, 0.15) is 0 Å². The summed E-state index contributed by atoms with van der Waals surface area (Å²) < 4.78 is 10.8. The number of methoxy groups -OCH3 is 1. The average molecular weight is 372 g/mol. The van der Waals surface area contributed by atoms with E-state index in [0.29, 0.717) is 13.1 Å². The fraction of sp³-hybridized carbons (Fsp3) is 0.350. The summed E-state index contributed by atoms with van der Waals surface area (Å²) in [6.07, 6.45) is 2.03. The minimum Gasteiger partial charge on any atom is -0.497 e. The van der Waals surface area contributed by atoms with Crippen molar-refractivity contribution in [3.8, 4) is 11.5 Å². The molecular formula is C20H24N2O3S. The second kappa shape index (κ2) is 8.85. The van der Waals surface area contributed by atoms with Crippen molar-refractivity contribution < 1.29 is 14.3 Å². The van der Waals surface area contributed by atoms with Crippen molar-refractivity contribution in [3.05, 3.63) is 48.5 Å². The number of benzene rings is 2. The van der Waals surface area contributed by atoms with Gasteiger partial charge in [-0.1, -0.05) is 0 Å². The van der Waals surface area contributed by atoms with Gasteiger partial charge in [-0.05, 0) is 54.8 Å². The molecule has 2 aromatic rings. The van der Waals surface area contributed by atoms with Gasteiger partial charge >= 0.3 is 0 Å². The van der Waals surface area contributed by atoms with Crippen molar-refractivity contribution in [3.63, 3.8) is 0 Å². The lowest BCUT2D eigenvalue weighted by Crippen LogP contribution is -2.50. The van der Waals surface area contributed by atoms with Gasteiger partial charge in [-0.3, -0.25) is 4.79 Å². The number of carbonyl (C=O) groups is 1. The summed E-state index contributed by atoms with van der Waals surface area (Å²) in [4.78, 5) is 17.7. The van der Waals surface area contributed by atoms with E-state index in [2.05, 4.69) is 17.0 Å². The Morgan fingerprint density at radius 3 is 2.15 bits per heavy atom. The molecule has 1 aliphatic rings. The van der Waals surface area contributed by atoms with Crippen molar-refractivity contribution in [1.29, 1.82) is 0 Å². The van der Waals surface area contributed by atoms with Gasteiger partial charge in [0.05, 0.1) is 7.11 Å². The smallest absolute Gasteiger partial charge is 0.260 e. The zero-order valence-corrected chi connectivity index (χ0v) is 16.0. The molecule has 1 aliphatic heterocycles. The van der Waals surface area contributed by atoms with Crippen LogP contribution in [0.3, 0.4) is 0 Å². The molecule has 1 heterocycles. The van der Waals surface area contributed by atoms with E-state index in [1.807, 2.05) is 47.6 Å². The highest BCUT2D eigenvalue weighted by atomic mass is 32.2. The van der Waals surface area contributed by atoms with Crippen LogP contribution in [-0.4, -0.2) is 57.0 Å². The Labute approximate surface area is 158 Å². The largest absolute Gasteiger partial charge is 0.497 e. The van der Waals surface area contributed by atoms with E-state index in [9.17, 15) is 4.79 Å². The summed E-state index contributed by atoms with van der Waals surface area (Å²) in [6.45, 7) is 3.14. The Balaban J connectivity index is 1.46. The summed E-state index contributed by atoms with van der Waals surface area (Å²) in [6, 6.07) is 15.8. The number of anilines is 1. The quantitative estimate of drug-likeness (QED) is 0.729. The fourth-order valence-corrected chi connectivity index (χ4v) is 3.32. The predicted octanol–water partition coefficient (Wildman–Crippen LogP) is 3.14. The normalized spacial score (nSPS) is 14.2. The molecule has 0 aliphatic carbocycles. The van der Waals surface area contributed by atoms with Crippen LogP contribution in [0, 0.1) is 0 Å². The van der Waals surface area contributed by atoms with Crippen LogP contribution in [0.25, 0.3) is 0 Å². The summed E-state index contributed by atoms with van der Waals surface area (Å²) >= 11 is 1.68. The minimum atomic E-state index is 0.0355. The predicted molar refractivity (Wildman–Crippen MR) is 106 cm³/mol. The number of amides is 1. The molecule has 6 heteroatoms. The zero-order valence-electron chi connectivity index (χ0n) is 15.2. The third-order valence-corrected chi connectivity index (χ3v) is 5.24. The molecule has 138 valence electrons. The van der Waals surface area contributed by atoms with Crippen molar-refractivity contribution in [2.75, 3.05) is 51.1 Å². The highest BCUT2D eigenvalue weighted by Gasteiger charge is 2.21. The van der Waals surface area contributed by atoms with E-state index in [1.54, 1.807) is 18.9 Å². The monoisotopic (exact) mass is 372 g/mol. The minimum absolute atomic E-state index is 0.0355. The Hall–Kier alpha value is -2.34. The van der Waals surface area contributed by atoms with Crippen LogP contribution in [-0.2, 0) is 4.79 Å². The SMILES string of the molecule is COc1ccc(N2CCN(C(=O)COc3ccc(SC)cc3)CC2)cc1. The van der Waals surface area contributed by atoms with E-state index in [4.69, 9.17) is 9.47 Å². The van der Waals surface area contributed by atoms with Crippen molar-refractivity contribution in [2.24, 2.45) is 0 Å². The van der Waals surface area contributed by atoms with Gasteiger partial charge in [-0.25, -0.2) is 0 Å². The van der Waals surface area contributed by atoms with Gasteiger partial charge < -0.3 is 19.3 Å². The number of hydrogen-bond donors (Lipinski definition) is 0. The molecule has 1 fully saturated rings. The molecule has 1 saturated heterocycles. The first-order valence-corrected chi connectivity index (χ1v) is 9.85. The molecule has 1 amide bonds. The van der Waals surface area contributed by atoms with Gasteiger partial charge in [0.25, 0.3) is 5.91 Å². The molecule has 0 aromatic heterocycles. The summed E-state index contributed by atoms with van der Waals surface area (Å²) in [5.41, 5.74) is 1.16. The lowest BCUT2D eigenvalue weighted by Gasteiger charge is -2.36. The van der Waals surface area contributed by atoms with E-state index in [-0.39, 0.29) is 12.5 Å². The van der Waals surface area contributed by atoms with E-state index in [1.165, 1.54) is 4.90 Å². The number of piperazine rings is 1. The molecule has 0 spiro atoms. The summed E-state index contributed by atoms with van der Waals surface area (Å²) in [5, 5.41) is 0. The number of hydrogen-bond acceptors (Lipinski definition) is 5. The molecule has 3 rings (SSSR count). The van der Waals surface area contributed by atoms with Gasteiger partial charge in [0.2, 0.25) is 0 Å². The molecule has 0 unspecified atom stereocenters. The molecule has 26 heavy (non-hydrogen) atoms. The van der Waals surface area contributed by atoms with Crippen molar-refractivity contribution in [2.45, 2.75) is 4.90 Å². The Morgan fingerprint density at radius 2 is 1.58 bits per heavy atom. The van der Waals surface area contributed by atoms with Crippen LogP contribution in [0.5, 0.6) is 11.5 Å². The van der Waals surface area contributed by atoms with Gasteiger partial charge in [-0.15, -0.1) is 11.8 Å². The molecule has 0 radical (unpaired) electrons. The average Bonchev–Trinajstić information content (AvgIpc) is 2.72. The highest BCUT2D eigenvalue weighted by Crippen LogP contribution is 2.21. The maximum absolute atomic E-state index is 12.4. The molecule has 2 aromatic carbocycles. The molecule has 0 saturated carbocycles. The first kappa shape index (κ1) is 18.5. The standard InChI is InChI=1S/C20H24N2O3S/c1-24-17-5-3-16(4-6-17)21-11-13-22(14-12-21)20(23)15-25-18-7-9-19(26-2)10-8-18/h3-10H,11-15H2,1-2H3. The number of nitrogens with zero attached hydrogens (tertiary/aromatic N) is 2. The van der Waals surface area contributed by atoms with Crippen LogP contribution < -0.4 is 14.4 Å². The summed E-state index contributed by atoms with van der Waals surface area (Å²) in [7, 11) is 1.67. The Bertz CT molecular complexity index is 711. The number of carbonyl (C=O) groups excluding carboxylic acids is 1. The highest BCUT2D eigenvalue weighted by molar-refractivity contribution is 7.98. The molecule has 0 atom stereocenters. The molecule has 0 bridgehead atoms. The van der Waals surface area contributed by atoms with Crippen molar-refractivity contribution in [1.82, 2.24) is 4.90 Å². The van der Waals surface area contributed by atoms with E-state index in [0.717, 1.165) is 30.3 Å². The first-order valence-electron chi connectivity index (χ1n) is 8.63. The van der Waals surface area contributed by atoms with Gasteiger partial charge in [-0.2, -0.15) is 0 Å². The topological polar surface area (TPSA) is 42.0 Å². The number of rotatable bonds is 6. The van der Waals surface area contributed by atoms with Crippen LogP contribution in [0.4, 0.5) is 5.69 Å². The number of thioether (sulfide) groups is 1. The second-order valence-electron chi connectivity index (χ2n) is 6.03. The lowest BCUT2D eigenvalue weighted by molar-refractivity contribution is -0.133. The van der Waals surface area contributed by atoms with E-state index < -0.39 is 0 Å². The zero-order chi connectivity index (χ0) is 18.4.